The van der Waals surface area contributed by atoms with Crippen LogP contribution >= 0.6 is 0 Å². The van der Waals surface area contributed by atoms with Crippen LogP contribution in [0, 0.1) is 0 Å². The van der Waals surface area contributed by atoms with Gasteiger partial charge in [0.1, 0.15) is 5.60 Å². The van der Waals surface area contributed by atoms with E-state index in [1.807, 2.05) is 0 Å². The first-order chi connectivity index (χ1) is 9.23. The molecule has 0 aliphatic rings. The predicted octanol–water partition coefficient (Wildman–Crippen LogP) is 1.03. The third-order valence-electron chi connectivity index (χ3n) is 2.02. The van der Waals surface area contributed by atoms with E-state index in [9.17, 15) is 14.7 Å². The second-order valence-electron chi connectivity index (χ2n) is 4.89. The SMILES string of the molecule is COC(=O)C(O)c1cnc(NC(=O)OC(C)(C)C)nc1. The number of ether oxygens (including phenoxy) is 2. The number of aromatic nitrogens is 2. The van der Waals surface area contributed by atoms with E-state index in [2.05, 4.69) is 20.0 Å². The number of anilines is 1. The minimum absolute atomic E-state index is 0.0000609. The normalized spacial score (nSPS) is 12.4. The molecule has 0 saturated heterocycles. The van der Waals surface area contributed by atoms with Gasteiger partial charge in [0.25, 0.3) is 0 Å². The summed E-state index contributed by atoms with van der Waals surface area (Å²) in [5.74, 6) is -0.818. The molecule has 0 saturated carbocycles. The summed E-state index contributed by atoms with van der Waals surface area (Å²) in [6.07, 6.45) is 0.261. The van der Waals surface area contributed by atoms with Crippen LogP contribution in [0.25, 0.3) is 0 Å². The third kappa shape index (κ3) is 4.81. The van der Waals surface area contributed by atoms with Crippen molar-refractivity contribution in [2.24, 2.45) is 0 Å². The van der Waals surface area contributed by atoms with Gasteiger partial charge in [-0.2, -0.15) is 0 Å². The fraction of sp³-hybridized carbons (Fsp3) is 0.500. The van der Waals surface area contributed by atoms with Crippen molar-refractivity contribution in [1.29, 1.82) is 0 Å². The molecule has 20 heavy (non-hydrogen) atoms. The van der Waals surface area contributed by atoms with E-state index in [0.717, 1.165) is 7.11 Å². The van der Waals surface area contributed by atoms with Crippen LogP contribution in [0.4, 0.5) is 10.7 Å². The van der Waals surface area contributed by atoms with Crippen molar-refractivity contribution in [2.75, 3.05) is 12.4 Å². The van der Waals surface area contributed by atoms with Crippen LogP contribution in [-0.4, -0.2) is 39.8 Å². The number of aliphatic hydroxyl groups is 1. The largest absolute Gasteiger partial charge is 0.467 e. The molecule has 1 heterocycles. The van der Waals surface area contributed by atoms with Gasteiger partial charge in [-0.1, -0.05) is 0 Å². The molecule has 1 amide bonds. The number of nitrogens with zero attached hydrogens (tertiary/aromatic N) is 2. The van der Waals surface area contributed by atoms with Gasteiger partial charge in [-0.05, 0) is 20.8 Å². The van der Waals surface area contributed by atoms with E-state index in [1.54, 1.807) is 20.8 Å². The lowest BCUT2D eigenvalue weighted by Gasteiger charge is -2.19. The van der Waals surface area contributed by atoms with Gasteiger partial charge in [0.2, 0.25) is 5.95 Å². The maximum atomic E-state index is 11.5. The van der Waals surface area contributed by atoms with E-state index < -0.39 is 23.8 Å². The molecule has 1 atom stereocenters. The van der Waals surface area contributed by atoms with Crippen molar-refractivity contribution in [3.8, 4) is 0 Å². The zero-order valence-corrected chi connectivity index (χ0v) is 11.7. The van der Waals surface area contributed by atoms with Crippen LogP contribution in [-0.2, 0) is 14.3 Å². The zero-order valence-electron chi connectivity index (χ0n) is 11.7. The van der Waals surface area contributed by atoms with Gasteiger partial charge < -0.3 is 14.6 Å². The summed E-state index contributed by atoms with van der Waals surface area (Å²) in [5, 5.41) is 11.9. The van der Waals surface area contributed by atoms with Gasteiger partial charge in [-0.3, -0.25) is 5.32 Å². The van der Waals surface area contributed by atoms with Gasteiger partial charge in [0.15, 0.2) is 6.10 Å². The summed E-state index contributed by atoms with van der Waals surface area (Å²) in [6.45, 7) is 5.18. The van der Waals surface area contributed by atoms with E-state index in [-0.39, 0.29) is 11.5 Å². The Morgan fingerprint density at radius 3 is 2.30 bits per heavy atom. The number of carbonyl (C=O) groups is 2. The van der Waals surface area contributed by atoms with E-state index >= 15 is 0 Å². The molecule has 110 valence electrons. The zero-order chi connectivity index (χ0) is 15.3. The number of nitrogens with one attached hydrogen (secondary N) is 1. The van der Waals surface area contributed by atoms with Gasteiger partial charge in [0.05, 0.1) is 7.11 Å². The molecule has 0 aliphatic carbocycles. The molecule has 0 aliphatic heterocycles. The lowest BCUT2D eigenvalue weighted by atomic mass is 10.2. The molecule has 1 rings (SSSR count). The molecule has 0 spiro atoms. The molecule has 0 radical (unpaired) electrons. The van der Waals surface area contributed by atoms with Crippen molar-refractivity contribution in [3.63, 3.8) is 0 Å². The van der Waals surface area contributed by atoms with Crippen molar-refractivity contribution in [2.45, 2.75) is 32.5 Å². The van der Waals surface area contributed by atoms with Crippen molar-refractivity contribution >= 4 is 18.0 Å². The van der Waals surface area contributed by atoms with Crippen molar-refractivity contribution in [1.82, 2.24) is 9.97 Å². The first-order valence-electron chi connectivity index (χ1n) is 5.81. The maximum absolute atomic E-state index is 11.5. The van der Waals surface area contributed by atoms with Crippen LogP contribution in [0.5, 0.6) is 0 Å². The van der Waals surface area contributed by atoms with Gasteiger partial charge in [-0.25, -0.2) is 19.6 Å². The molecule has 8 heteroatoms. The average Bonchev–Trinajstić information content (AvgIpc) is 2.35. The van der Waals surface area contributed by atoms with E-state index in [1.165, 1.54) is 12.4 Å². The highest BCUT2D eigenvalue weighted by atomic mass is 16.6. The second-order valence-corrected chi connectivity index (χ2v) is 4.89. The highest BCUT2D eigenvalue weighted by Gasteiger charge is 2.20. The smallest absolute Gasteiger partial charge is 0.414 e. The number of hydrogen-bond donors (Lipinski definition) is 2. The Morgan fingerprint density at radius 2 is 1.85 bits per heavy atom. The van der Waals surface area contributed by atoms with E-state index in [0.29, 0.717) is 0 Å². The first-order valence-corrected chi connectivity index (χ1v) is 5.81. The highest BCUT2D eigenvalue weighted by Crippen LogP contribution is 2.13. The Bertz CT molecular complexity index is 481. The van der Waals surface area contributed by atoms with Crippen LogP contribution in [0.15, 0.2) is 12.4 Å². The quantitative estimate of drug-likeness (QED) is 0.797. The van der Waals surface area contributed by atoms with Crippen LogP contribution in [0.3, 0.4) is 0 Å². The number of carbonyl (C=O) groups excluding carboxylic acids is 2. The second kappa shape index (κ2) is 6.29. The molecular weight excluding hydrogens is 266 g/mol. The molecule has 1 unspecified atom stereocenters. The molecule has 0 bridgehead atoms. The Morgan fingerprint density at radius 1 is 1.30 bits per heavy atom. The minimum Gasteiger partial charge on any atom is -0.467 e. The summed E-state index contributed by atoms with van der Waals surface area (Å²) in [6, 6.07) is 0. The number of rotatable bonds is 3. The summed E-state index contributed by atoms with van der Waals surface area (Å²) >= 11 is 0. The van der Waals surface area contributed by atoms with Crippen LogP contribution in [0.2, 0.25) is 0 Å². The average molecular weight is 283 g/mol. The molecular formula is C12H17N3O5. The molecule has 2 N–H and O–H groups in total. The highest BCUT2D eigenvalue weighted by molar-refractivity contribution is 5.82. The van der Waals surface area contributed by atoms with Gasteiger partial charge in [-0.15, -0.1) is 0 Å². The van der Waals surface area contributed by atoms with Crippen LogP contribution < -0.4 is 5.32 Å². The van der Waals surface area contributed by atoms with Crippen molar-refractivity contribution in [3.05, 3.63) is 18.0 Å². The molecule has 8 nitrogen and oxygen atoms in total. The molecule has 1 aromatic heterocycles. The Labute approximate surface area is 116 Å². The van der Waals surface area contributed by atoms with Gasteiger partial charge >= 0.3 is 12.1 Å². The lowest BCUT2D eigenvalue weighted by molar-refractivity contribution is -0.150. The summed E-state index contributed by atoms with van der Waals surface area (Å²) < 4.78 is 9.40. The molecule has 0 aromatic carbocycles. The fourth-order valence-electron chi connectivity index (χ4n) is 1.19. The Hall–Kier alpha value is -2.22. The topological polar surface area (TPSA) is 111 Å². The van der Waals surface area contributed by atoms with Gasteiger partial charge in [0, 0.05) is 18.0 Å². The number of amides is 1. The summed E-state index contributed by atoms with van der Waals surface area (Å²) in [5.41, 5.74) is -0.475. The molecule has 0 fully saturated rings. The monoisotopic (exact) mass is 283 g/mol. The van der Waals surface area contributed by atoms with Crippen molar-refractivity contribution < 1.29 is 24.2 Å². The van der Waals surface area contributed by atoms with Crippen LogP contribution in [0.1, 0.15) is 32.4 Å². The number of esters is 1. The first kappa shape index (κ1) is 15.8. The third-order valence-corrected chi connectivity index (χ3v) is 2.02. The Balaban J connectivity index is 2.68. The lowest BCUT2D eigenvalue weighted by Crippen LogP contribution is -2.27. The summed E-state index contributed by atoms with van der Waals surface area (Å²) in [4.78, 5) is 30.2. The maximum Gasteiger partial charge on any atom is 0.414 e. The fourth-order valence-corrected chi connectivity index (χ4v) is 1.19. The molecule has 1 aromatic rings. The Kier molecular flexibility index (Phi) is 4.98. The number of aliphatic hydroxyl groups excluding tert-OH is 1. The minimum atomic E-state index is -1.46. The number of hydrogen-bond acceptors (Lipinski definition) is 7. The predicted molar refractivity (Wildman–Crippen MR) is 68.9 cm³/mol. The summed E-state index contributed by atoms with van der Waals surface area (Å²) in [7, 11) is 1.16. The van der Waals surface area contributed by atoms with E-state index in [4.69, 9.17) is 4.74 Å². The standard InChI is InChI=1S/C12H17N3O5/c1-12(2,3)20-11(18)15-10-13-5-7(6-14-10)8(16)9(17)19-4/h5-6,8,16H,1-4H3,(H,13,14,15,18). The number of methoxy groups -OCH3 is 1.